The van der Waals surface area contributed by atoms with Crippen LogP contribution in [-0.4, -0.2) is 75.3 Å². The molecule has 0 saturated carbocycles. The molecule has 2 aliphatic rings. The molecule has 0 spiro atoms. The van der Waals surface area contributed by atoms with Gasteiger partial charge in [0.15, 0.2) is 11.0 Å². The molecule has 2 saturated heterocycles. The molecule has 184 valence electrons. The molecular formula is C25H28FN5O3S. The number of carbonyl (C=O) groups is 1. The lowest BCUT2D eigenvalue weighted by atomic mass is 10.2. The summed E-state index contributed by atoms with van der Waals surface area (Å²) in [4.78, 5) is 17.1. The Bertz CT molecular complexity index is 1140. The lowest BCUT2D eigenvalue weighted by molar-refractivity contribution is -0.128. The van der Waals surface area contributed by atoms with Crippen LogP contribution in [0.25, 0.3) is 11.4 Å². The molecule has 0 radical (unpaired) electrons. The normalized spacial score (nSPS) is 18.3. The number of nitrogens with zero attached hydrogens (tertiary/aromatic N) is 5. The molecule has 3 aromatic rings. The van der Waals surface area contributed by atoms with Gasteiger partial charge in [-0.05, 0) is 61.4 Å². The standard InChI is InChI=1S/C25H28FN5O3S/c26-19-5-3-18(4-6-19)24-27-28-25(31(24)16-22-2-1-15-34-22)35-17-23(33)30-13-11-29(12-14-30)20-7-9-21(32)10-8-20/h3-10,22,32H,1-2,11-17H2/t22-/m1/s1. The molecule has 1 amide bonds. The van der Waals surface area contributed by atoms with Crippen molar-refractivity contribution in [2.45, 2.75) is 30.6 Å². The number of rotatable bonds is 7. The summed E-state index contributed by atoms with van der Waals surface area (Å²) in [5, 5.41) is 18.9. The van der Waals surface area contributed by atoms with E-state index in [1.165, 1.54) is 23.9 Å². The molecule has 2 aliphatic heterocycles. The molecule has 0 bridgehead atoms. The zero-order chi connectivity index (χ0) is 24.2. The predicted octanol–water partition coefficient (Wildman–Crippen LogP) is 3.41. The van der Waals surface area contributed by atoms with Gasteiger partial charge in [-0.3, -0.25) is 9.36 Å². The molecule has 2 aromatic carbocycles. The van der Waals surface area contributed by atoms with Gasteiger partial charge < -0.3 is 19.6 Å². The molecule has 35 heavy (non-hydrogen) atoms. The maximum Gasteiger partial charge on any atom is 0.233 e. The van der Waals surface area contributed by atoms with E-state index in [1.807, 2.05) is 21.6 Å². The fraction of sp³-hybridized carbons (Fsp3) is 0.400. The van der Waals surface area contributed by atoms with Gasteiger partial charge in [0, 0.05) is 44.0 Å². The first-order valence-corrected chi connectivity index (χ1v) is 12.8. The highest BCUT2D eigenvalue weighted by atomic mass is 32.2. The van der Waals surface area contributed by atoms with Crippen LogP contribution >= 0.6 is 11.8 Å². The van der Waals surface area contributed by atoms with Crippen LogP contribution < -0.4 is 4.90 Å². The van der Waals surface area contributed by atoms with Crippen molar-refractivity contribution in [3.05, 3.63) is 54.3 Å². The number of hydrogen-bond donors (Lipinski definition) is 1. The Morgan fingerprint density at radius 2 is 1.80 bits per heavy atom. The van der Waals surface area contributed by atoms with E-state index in [2.05, 4.69) is 15.1 Å². The summed E-state index contributed by atoms with van der Waals surface area (Å²) in [5.41, 5.74) is 1.82. The monoisotopic (exact) mass is 497 g/mol. The molecule has 2 fully saturated rings. The number of phenols is 1. The molecule has 0 unspecified atom stereocenters. The summed E-state index contributed by atoms with van der Waals surface area (Å²) >= 11 is 1.38. The zero-order valence-electron chi connectivity index (χ0n) is 19.3. The Labute approximate surface area is 207 Å². The lowest BCUT2D eigenvalue weighted by Crippen LogP contribution is -2.49. The van der Waals surface area contributed by atoms with Crippen LogP contribution in [0.3, 0.4) is 0 Å². The van der Waals surface area contributed by atoms with Crippen molar-refractivity contribution in [3.63, 3.8) is 0 Å². The average molecular weight is 498 g/mol. The minimum Gasteiger partial charge on any atom is -0.508 e. The molecule has 5 rings (SSSR count). The summed E-state index contributed by atoms with van der Waals surface area (Å²) in [5.74, 6) is 0.930. The summed E-state index contributed by atoms with van der Waals surface area (Å²) < 4.78 is 21.3. The third-order valence-electron chi connectivity index (χ3n) is 6.40. The van der Waals surface area contributed by atoms with Crippen molar-refractivity contribution in [3.8, 4) is 17.1 Å². The lowest BCUT2D eigenvalue weighted by Gasteiger charge is -2.36. The largest absolute Gasteiger partial charge is 0.508 e. The average Bonchev–Trinajstić information content (AvgIpc) is 3.54. The van der Waals surface area contributed by atoms with Crippen LogP contribution in [0.4, 0.5) is 10.1 Å². The molecular weight excluding hydrogens is 469 g/mol. The van der Waals surface area contributed by atoms with E-state index < -0.39 is 0 Å². The number of amides is 1. The molecule has 3 heterocycles. The predicted molar refractivity (Wildman–Crippen MR) is 132 cm³/mol. The van der Waals surface area contributed by atoms with Gasteiger partial charge in [0.05, 0.1) is 18.4 Å². The second-order valence-corrected chi connectivity index (χ2v) is 9.67. The van der Waals surface area contributed by atoms with Gasteiger partial charge in [0.25, 0.3) is 0 Å². The molecule has 8 nitrogen and oxygen atoms in total. The van der Waals surface area contributed by atoms with Crippen LogP contribution in [0.15, 0.2) is 53.7 Å². The fourth-order valence-corrected chi connectivity index (χ4v) is 5.31. The number of benzene rings is 2. The minimum absolute atomic E-state index is 0.0651. The number of halogens is 1. The SMILES string of the molecule is O=C(CSc1nnc(-c2ccc(F)cc2)n1C[C@H]1CCCO1)N1CCN(c2ccc(O)cc2)CC1. The third kappa shape index (κ3) is 5.59. The summed E-state index contributed by atoms with van der Waals surface area (Å²) in [6.07, 6.45) is 2.07. The van der Waals surface area contributed by atoms with E-state index in [1.54, 1.807) is 24.3 Å². The highest BCUT2D eigenvalue weighted by Crippen LogP contribution is 2.27. The first-order valence-electron chi connectivity index (χ1n) is 11.8. The van der Waals surface area contributed by atoms with Crippen molar-refractivity contribution in [1.82, 2.24) is 19.7 Å². The zero-order valence-corrected chi connectivity index (χ0v) is 20.2. The minimum atomic E-state index is -0.301. The van der Waals surface area contributed by atoms with E-state index in [9.17, 15) is 14.3 Å². The maximum atomic E-state index is 13.4. The van der Waals surface area contributed by atoms with Crippen molar-refractivity contribution in [2.24, 2.45) is 0 Å². The number of ether oxygens (including phenoxy) is 1. The van der Waals surface area contributed by atoms with Crippen molar-refractivity contribution in [2.75, 3.05) is 43.4 Å². The number of phenolic OH excluding ortho intramolecular Hbond substituents is 1. The van der Waals surface area contributed by atoms with Crippen LogP contribution in [-0.2, 0) is 16.1 Å². The molecule has 1 atom stereocenters. The van der Waals surface area contributed by atoms with Gasteiger partial charge in [-0.15, -0.1) is 10.2 Å². The molecule has 1 aromatic heterocycles. The van der Waals surface area contributed by atoms with Crippen molar-refractivity contribution < 1.29 is 19.0 Å². The van der Waals surface area contributed by atoms with Gasteiger partial charge in [0.2, 0.25) is 5.91 Å². The summed E-state index contributed by atoms with van der Waals surface area (Å²) in [6.45, 7) is 4.11. The summed E-state index contributed by atoms with van der Waals surface area (Å²) in [6, 6.07) is 13.3. The number of piperazine rings is 1. The van der Waals surface area contributed by atoms with Crippen LogP contribution in [0.5, 0.6) is 5.75 Å². The highest BCUT2D eigenvalue weighted by Gasteiger charge is 2.25. The maximum absolute atomic E-state index is 13.4. The van der Waals surface area contributed by atoms with Gasteiger partial charge in [0.1, 0.15) is 11.6 Å². The second kappa shape index (κ2) is 10.7. The molecule has 1 N–H and O–H groups in total. The quantitative estimate of drug-likeness (QED) is 0.501. The Balaban J connectivity index is 1.23. The van der Waals surface area contributed by atoms with E-state index >= 15 is 0 Å². The van der Waals surface area contributed by atoms with E-state index in [0.717, 1.165) is 43.8 Å². The van der Waals surface area contributed by atoms with E-state index in [4.69, 9.17) is 4.74 Å². The number of thioether (sulfide) groups is 1. The van der Waals surface area contributed by atoms with Crippen LogP contribution in [0.2, 0.25) is 0 Å². The van der Waals surface area contributed by atoms with E-state index in [0.29, 0.717) is 30.6 Å². The van der Waals surface area contributed by atoms with E-state index in [-0.39, 0.29) is 29.3 Å². The Morgan fingerprint density at radius 1 is 1.06 bits per heavy atom. The fourth-order valence-electron chi connectivity index (χ4n) is 4.46. The Morgan fingerprint density at radius 3 is 2.49 bits per heavy atom. The first-order chi connectivity index (χ1) is 17.1. The van der Waals surface area contributed by atoms with Crippen LogP contribution in [0.1, 0.15) is 12.8 Å². The van der Waals surface area contributed by atoms with Gasteiger partial charge in [-0.1, -0.05) is 11.8 Å². The molecule has 10 heteroatoms. The second-order valence-electron chi connectivity index (χ2n) is 8.73. The van der Waals surface area contributed by atoms with Crippen molar-refractivity contribution in [1.29, 1.82) is 0 Å². The topological polar surface area (TPSA) is 83.7 Å². The third-order valence-corrected chi connectivity index (χ3v) is 7.35. The number of carbonyl (C=O) groups excluding carboxylic acids is 1. The smallest absolute Gasteiger partial charge is 0.233 e. The first kappa shape index (κ1) is 23.6. The Hall–Kier alpha value is -3.11. The number of hydrogen-bond acceptors (Lipinski definition) is 7. The molecule has 0 aliphatic carbocycles. The number of aromatic nitrogens is 3. The van der Waals surface area contributed by atoms with Gasteiger partial charge in [-0.2, -0.15) is 0 Å². The van der Waals surface area contributed by atoms with Gasteiger partial charge >= 0.3 is 0 Å². The van der Waals surface area contributed by atoms with Crippen LogP contribution in [0, 0.1) is 5.82 Å². The number of aromatic hydroxyl groups is 1. The highest BCUT2D eigenvalue weighted by molar-refractivity contribution is 7.99. The Kier molecular flexibility index (Phi) is 7.19. The van der Waals surface area contributed by atoms with Gasteiger partial charge in [-0.25, -0.2) is 4.39 Å². The number of anilines is 1. The summed E-state index contributed by atoms with van der Waals surface area (Å²) in [7, 11) is 0. The van der Waals surface area contributed by atoms with Crippen molar-refractivity contribution >= 4 is 23.4 Å².